The first kappa shape index (κ1) is 20.1. The van der Waals surface area contributed by atoms with Crippen molar-refractivity contribution in [3.8, 4) is 0 Å². The molecule has 0 saturated carbocycles. The molecule has 9 heteroatoms. The van der Waals surface area contributed by atoms with Gasteiger partial charge in [0.25, 0.3) is 0 Å². The summed E-state index contributed by atoms with van der Waals surface area (Å²) < 4.78 is 0. The lowest BCUT2D eigenvalue weighted by atomic mass is 10.0. The van der Waals surface area contributed by atoms with Gasteiger partial charge in [-0.3, -0.25) is 14.4 Å². The molecule has 0 heterocycles. The zero-order valence-corrected chi connectivity index (χ0v) is 13.6. The minimum Gasteiger partial charge on any atom is -0.480 e. The molecule has 0 aliphatic carbocycles. The summed E-state index contributed by atoms with van der Waals surface area (Å²) in [7, 11) is 0. The maximum absolute atomic E-state index is 12.3. The molecule has 3 amide bonds. The normalized spacial score (nSPS) is 12.7. The molecule has 0 bridgehead atoms. The second-order valence-electron chi connectivity index (χ2n) is 5.42. The molecule has 2 unspecified atom stereocenters. The lowest BCUT2D eigenvalue weighted by Crippen LogP contribution is -2.53. The van der Waals surface area contributed by atoms with Crippen LogP contribution in [0.4, 0.5) is 0 Å². The lowest BCUT2D eigenvalue weighted by Gasteiger charge is -2.21. The second-order valence-corrected chi connectivity index (χ2v) is 5.42. The first-order chi connectivity index (χ1) is 11.8. The predicted molar refractivity (Wildman–Crippen MR) is 89.1 cm³/mol. The Morgan fingerprint density at radius 3 is 2.20 bits per heavy atom. The van der Waals surface area contributed by atoms with Gasteiger partial charge in [-0.05, 0) is 12.0 Å². The minimum absolute atomic E-state index is 0.0510. The summed E-state index contributed by atoms with van der Waals surface area (Å²) in [6, 6.07) is 6.51. The van der Waals surface area contributed by atoms with Crippen LogP contribution in [0.2, 0.25) is 0 Å². The number of benzene rings is 1. The van der Waals surface area contributed by atoms with E-state index in [1.807, 2.05) is 0 Å². The van der Waals surface area contributed by atoms with Crippen LogP contribution >= 0.6 is 0 Å². The van der Waals surface area contributed by atoms with E-state index in [9.17, 15) is 24.3 Å². The van der Waals surface area contributed by atoms with E-state index in [0.717, 1.165) is 5.56 Å². The van der Waals surface area contributed by atoms with E-state index < -0.39 is 35.8 Å². The van der Waals surface area contributed by atoms with E-state index in [1.54, 1.807) is 30.3 Å². The summed E-state index contributed by atoms with van der Waals surface area (Å²) in [5.41, 5.74) is 11.0. The number of amides is 3. The van der Waals surface area contributed by atoms with Crippen molar-refractivity contribution in [1.82, 2.24) is 10.6 Å². The van der Waals surface area contributed by atoms with Gasteiger partial charge in [-0.1, -0.05) is 30.3 Å². The Labute approximate surface area is 144 Å². The van der Waals surface area contributed by atoms with Crippen molar-refractivity contribution >= 4 is 23.7 Å². The monoisotopic (exact) mass is 350 g/mol. The van der Waals surface area contributed by atoms with Crippen LogP contribution in [-0.4, -0.2) is 47.4 Å². The van der Waals surface area contributed by atoms with Crippen LogP contribution in [0.5, 0.6) is 0 Å². The summed E-state index contributed by atoms with van der Waals surface area (Å²) >= 11 is 0. The number of carboxylic acid groups (broad SMARTS) is 1. The molecular formula is C16H22N4O5. The Kier molecular flexibility index (Phi) is 8.07. The topological polar surface area (TPSA) is 165 Å². The van der Waals surface area contributed by atoms with Crippen molar-refractivity contribution in [2.75, 3.05) is 6.54 Å². The number of carbonyl (C=O) groups excluding carboxylic acids is 3. The van der Waals surface area contributed by atoms with Gasteiger partial charge in [0.05, 0.1) is 6.54 Å². The number of nitrogens with two attached hydrogens (primary N) is 2. The van der Waals surface area contributed by atoms with Crippen molar-refractivity contribution in [1.29, 1.82) is 0 Å². The van der Waals surface area contributed by atoms with Crippen molar-refractivity contribution in [2.45, 2.75) is 31.3 Å². The molecule has 0 aliphatic heterocycles. The largest absolute Gasteiger partial charge is 0.480 e. The van der Waals surface area contributed by atoms with E-state index >= 15 is 0 Å². The fraction of sp³-hybridized carbons (Fsp3) is 0.375. The third kappa shape index (κ3) is 7.44. The third-order valence-corrected chi connectivity index (χ3v) is 3.41. The smallest absolute Gasteiger partial charge is 0.326 e. The number of nitrogens with one attached hydrogen (secondary N) is 2. The lowest BCUT2D eigenvalue weighted by molar-refractivity contribution is -0.142. The summed E-state index contributed by atoms with van der Waals surface area (Å²) in [6.45, 7) is -0.341. The van der Waals surface area contributed by atoms with Crippen molar-refractivity contribution in [3.05, 3.63) is 35.9 Å². The van der Waals surface area contributed by atoms with Crippen LogP contribution in [0, 0.1) is 0 Å². The number of carbonyl (C=O) groups is 4. The van der Waals surface area contributed by atoms with E-state index in [1.165, 1.54) is 0 Å². The molecule has 2 atom stereocenters. The average Bonchev–Trinajstić information content (AvgIpc) is 2.58. The van der Waals surface area contributed by atoms with Gasteiger partial charge in [0.1, 0.15) is 12.1 Å². The van der Waals surface area contributed by atoms with E-state index in [0.29, 0.717) is 0 Å². The molecular weight excluding hydrogens is 328 g/mol. The first-order valence-corrected chi connectivity index (χ1v) is 7.68. The quantitative estimate of drug-likeness (QED) is 0.345. The van der Waals surface area contributed by atoms with Crippen LogP contribution in [-0.2, 0) is 25.6 Å². The second kappa shape index (κ2) is 10.0. The van der Waals surface area contributed by atoms with Crippen LogP contribution in [0.3, 0.4) is 0 Å². The van der Waals surface area contributed by atoms with Crippen molar-refractivity contribution in [3.63, 3.8) is 0 Å². The molecule has 0 fully saturated rings. The van der Waals surface area contributed by atoms with Gasteiger partial charge in [-0.25, -0.2) is 4.79 Å². The van der Waals surface area contributed by atoms with Crippen molar-refractivity contribution < 1.29 is 24.3 Å². The molecule has 136 valence electrons. The third-order valence-electron chi connectivity index (χ3n) is 3.41. The van der Waals surface area contributed by atoms with Crippen LogP contribution in [0.1, 0.15) is 18.4 Å². The zero-order valence-electron chi connectivity index (χ0n) is 13.6. The standard InChI is InChI=1S/C16H22N4O5/c17-9-14(22)19-11(6-7-13(18)21)15(23)20-12(16(24)25)8-10-4-2-1-3-5-10/h1-5,11-12H,6-9,17H2,(H2,18,21)(H,19,22)(H,20,23)(H,24,25). The Morgan fingerprint density at radius 2 is 1.68 bits per heavy atom. The van der Waals surface area contributed by atoms with Crippen LogP contribution < -0.4 is 22.1 Å². The SMILES string of the molecule is NCC(=O)NC(CCC(N)=O)C(=O)NC(Cc1ccccc1)C(=O)O. The molecule has 7 N–H and O–H groups in total. The molecule has 0 saturated heterocycles. The number of primary amides is 1. The van der Waals surface area contributed by atoms with Crippen LogP contribution in [0.25, 0.3) is 0 Å². The highest BCUT2D eigenvalue weighted by Crippen LogP contribution is 2.05. The number of rotatable bonds is 10. The maximum atomic E-state index is 12.3. The Morgan fingerprint density at radius 1 is 1.04 bits per heavy atom. The highest BCUT2D eigenvalue weighted by Gasteiger charge is 2.26. The van der Waals surface area contributed by atoms with Gasteiger partial charge in [-0.15, -0.1) is 0 Å². The molecule has 1 aromatic carbocycles. The molecule has 9 nitrogen and oxygen atoms in total. The Bertz CT molecular complexity index is 620. The van der Waals surface area contributed by atoms with Gasteiger partial charge in [0, 0.05) is 12.8 Å². The maximum Gasteiger partial charge on any atom is 0.326 e. The Balaban J connectivity index is 2.79. The fourth-order valence-electron chi connectivity index (χ4n) is 2.13. The first-order valence-electron chi connectivity index (χ1n) is 7.68. The van der Waals surface area contributed by atoms with Gasteiger partial charge in [-0.2, -0.15) is 0 Å². The number of hydrogen-bond acceptors (Lipinski definition) is 5. The van der Waals surface area contributed by atoms with Gasteiger partial charge in [0.2, 0.25) is 17.7 Å². The molecule has 0 aromatic heterocycles. The number of carboxylic acids is 1. The summed E-state index contributed by atoms with van der Waals surface area (Å²) in [5, 5.41) is 14.0. The molecule has 0 radical (unpaired) electrons. The molecule has 0 aliphatic rings. The molecule has 1 rings (SSSR count). The highest BCUT2D eigenvalue weighted by atomic mass is 16.4. The number of aliphatic carboxylic acids is 1. The van der Waals surface area contributed by atoms with Gasteiger partial charge < -0.3 is 27.2 Å². The highest BCUT2D eigenvalue weighted by molar-refractivity contribution is 5.91. The molecule has 0 spiro atoms. The zero-order chi connectivity index (χ0) is 18.8. The molecule has 1 aromatic rings. The minimum atomic E-state index is -1.21. The van der Waals surface area contributed by atoms with E-state index in [-0.39, 0.29) is 25.8 Å². The number of hydrogen-bond donors (Lipinski definition) is 5. The predicted octanol–water partition coefficient (Wildman–Crippen LogP) is -1.49. The Hall–Kier alpha value is -2.94. The van der Waals surface area contributed by atoms with E-state index in [4.69, 9.17) is 11.5 Å². The van der Waals surface area contributed by atoms with E-state index in [2.05, 4.69) is 10.6 Å². The molecule has 25 heavy (non-hydrogen) atoms. The van der Waals surface area contributed by atoms with Crippen molar-refractivity contribution in [2.24, 2.45) is 11.5 Å². The van der Waals surface area contributed by atoms with Crippen LogP contribution in [0.15, 0.2) is 30.3 Å². The summed E-state index contributed by atoms with van der Waals surface area (Å²) in [6.07, 6.45) is -0.112. The summed E-state index contributed by atoms with van der Waals surface area (Å²) in [4.78, 5) is 46.1. The average molecular weight is 350 g/mol. The fourth-order valence-corrected chi connectivity index (χ4v) is 2.13. The van der Waals surface area contributed by atoms with Gasteiger partial charge >= 0.3 is 5.97 Å². The summed E-state index contributed by atoms with van der Waals surface area (Å²) in [5.74, 6) is -3.17. The van der Waals surface area contributed by atoms with Gasteiger partial charge in [0.15, 0.2) is 0 Å².